The lowest BCUT2D eigenvalue weighted by Gasteiger charge is -2.42. The molecule has 4 heteroatoms. The van der Waals surface area contributed by atoms with Crippen LogP contribution in [0.2, 0.25) is 0 Å². The van der Waals surface area contributed by atoms with Crippen LogP contribution in [0.25, 0.3) is 0 Å². The van der Waals surface area contributed by atoms with Crippen molar-refractivity contribution >= 4 is 5.97 Å². The van der Waals surface area contributed by atoms with Gasteiger partial charge in [-0.1, -0.05) is 6.92 Å². The predicted molar refractivity (Wildman–Crippen MR) is 57.9 cm³/mol. The van der Waals surface area contributed by atoms with Gasteiger partial charge < -0.3 is 9.84 Å². The highest BCUT2D eigenvalue weighted by atomic mass is 16.5. The van der Waals surface area contributed by atoms with E-state index in [9.17, 15) is 4.79 Å². The van der Waals surface area contributed by atoms with Crippen molar-refractivity contribution in [3.8, 4) is 0 Å². The molecule has 1 fully saturated rings. The highest BCUT2D eigenvalue weighted by Crippen LogP contribution is 2.21. The Morgan fingerprint density at radius 2 is 2.07 bits per heavy atom. The molecule has 0 aromatic rings. The fourth-order valence-electron chi connectivity index (χ4n) is 1.92. The van der Waals surface area contributed by atoms with E-state index in [-0.39, 0.29) is 17.6 Å². The molecule has 0 aromatic carbocycles. The van der Waals surface area contributed by atoms with Gasteiger partial charge in [-0.3, -0.25) is 9.69 Å². The van der Waals surface area contributed by atoms with E-state index in [1.807, 2.05) is 20.8 Å². The van der Waals surface area contributed by atoms with E-state index in [2.05, 4.69) is 4.90 Å². The molecule has 0 aromatic heterocycles. The maximum atomic E-state index is 10.9. The van der Waals surface area contributed by atoms with Crippen molar-refractivity contribution in [3.05, 3.63) is 0 Å². The maximum Gasteiger partial charge on any atom is 0.307 e. The summed E-state index contributed by atoms with van der Waals surface area (Å²) in [6.45, 7) is 10.1. The third-order valence-electron chi connectivity index (χ3n) is 3.14. The number of rotatable bonds is 3. The van der Waals surface area contributed by atoms with Crippen LogP contribution < -0.4 is 0 Å². The standard InChI is InChI=1S/C11H21NO3/c1-8(10(13)14)9(2)12-5-6-15-11(3,4)7-12/h8-9H,5-7H2,1-4H3,(H,13,14). The second-order valence-corrected chi connectivity index (χ2v) is 4.95. The molecule has 1 heterocycles. The average molecular weight is 215 g/mol. The van der Waals surface area contributed by atoms with Gasteiger partial charge in [0, 0.05) is 19.1 Å². The number of carbonyl (C=O) groups is 1. The van der Waals surface area contributed by atoms with Crippen LogP contribution in [-0.4, -0.2) is 47.3 Å². The highest BCUT2D eigenvalue weighted by Gasteiger charge is 2.33. The Balaban J connectivity index is 2.60. The van der Waals surface area contributed by atoms with Gasteiger partial charge in [-0.05, 0) is 20.8 Å². The lowest BCUT2D eigenvalue weighted by Crippen LogP contribution is -2.53. The zero-order chi connectivity index (χ0) is 11.6. The predicted octanol–water partition coefficient (Wildman–Crippen LogP) is 1.21. The molecule has 1 N–H and O–H groups in total. The molecule has 0 radical (unpaired) electrons. The van der Waals surface area contributed by atoms with Gasteiger partial charge in [0.25, 0.3) is 0 Å². The van der Waals surface area contributed by atoms with E-state index >= 15 is 0 Å². The molecule has 2 unspecified atom stereocenters. The van der Waals surface area contributed by atoms with Crippen LogP contribution >= 0.6 is 0 Å². The van der Waals surface area contributed by atoms with Gasteiger partial charge in [0.05, 0.1) is 18.1 Å². The summed E-state index contributed by atoms with van der Waals surface area (Å²) in [5.74, 6) is -1.06. The lowest BCUT2D eigenvalue weighted by atomic mass is 9.99. The van der Waals surface area contributed by atoms with Crippen LogP contribution in [0.3, 0.4) is 0 Å². The number of carboxylic acid groups (broad SMARTS) is 1. The SMILES string of the molecule is CC(C(=O)O)C(C)N1CCOC(C)(C)C1. The van der Waals surface area contributed by atoms with Gasteiger partial charge in [-0.15, -0.1) is 0 Å². The van der Waals surface area contributed by atoms with Crippen LogP contribution in [0.4, 0.5) is 0 Å². The summed E-state index contributed by atoms with van der Waals surface area (Å²) >= 11 is 0. The Kier molecular flexibility index (Phi) is 3.73. The lowest BCUT2D eigenvalue weighted by molar-refractivity contribution is -0.146. The molecule has 0 spiro atoms. The third-order valence-corrected chi connectivity index (χ3v) is 3.14. The zero-order valence-corrected chi connectivity index (χ0v) is 9.99. The number of morpholine rings is 1. The number of nitrogens with zero attached hydrogens (tertiary/aromatic N) is 1. The molecule has 0 bridgehead atoms. The average Bonchev–Trinajstić information content (AvgIpc) is 2.13. The molecular weight excluding hydrogens is 194 g/mol. The van der Waals surface area contributed by atoms with Gasteiger partial charge in [0.2, 0.25) is 0 Å². The van der Waals surface area contributed by atoms with Crippen molar-refractivity contribution in [3.63, 3.8) is 0 Å². The van der Waals surface area contributed by atoms with Gasteiger partial charge >= 0.3 is 5.97 Å². The number of ether oxygens (including phenoxy) is 1. The van der Waals surface area contributed by atoms with Gasteiger partial charge in [-0.25, -0.2) is 0 Å². The number of aliphatic carboxylic acids is 1. The fourth-order valence-corrected chi connectivity index (χ4v) is 1.92. The summed E-state index contributed by atoms with van der Waals surface area (Å²) in [4.78, 5) is 13.1. The van der Waals surface area contributed by atoms with Crippen LogP contribution in [0.5, 0.6) is 0 Å². The van der Waals surface area contributed by atoms with E-state index in [4.69, 9.17) is 9.84 Å². The molecule has 0 aliphatic carbocycles. The van der Waals surface area contributed by atoms with Crippen molar-refractivity contribution in [2.24, 2.45) is 5.92 Å². The van der Waals surface area contributed by atoms with E-state index in [1.165, 1.54) is 0 Å². The van der Waals surface area contributed by atoms with E-state index in [0.717, 1.165) is 13.1 Å². The fraction of sp³-hybridized carbons (Fsp3) is 0.909. The molecule has 1 saturated heterocycles. The first kappa shape index (κ1) is 12.5. The number of carboxylic acids is 1. The van der Waals surface area contributed by atoms with Crippen LogP contribution in [0.15, 0.2) is 0 Å². The molecule has 1 aliphatic rings. The van der Waals surface area contributed by atoms with Crippen molar-refractivity contribution < 1.29 is 14.6 Å². The topological polar surface area (TPSA) is 49.8 Å². The Morgan fingerprint density at radius 1 is 1.47 bits per heavy atom. The minimum atomic E-state index is -0.730. The second-order valence-electron chi connectivity index (χ2n) is 4.95. The summed E-state index contributed by atoms with van der Waals surface area (Å²) < 4.78 is 5.60. The third kappa shape index (κ3) is 3.18. The first-order valence-electron chi connectivity index (χ1n) is 5.44. The summed E-state index contributed by atoms with van der Waals surface area (Å²) in [5.41, 5.74) is -0.162. The van der Waals surface area contributed by atoms with Crippen LogP contribution in [0.1, 0.15) is 27.7 Å². The second kappa shape index (κ2) is 4.49. The van der Waals surface area contributed by atoms with Crippen molar-refractivity contribution in [2.75, 3.05) is 19.7 Å². The molecule has 0 saturated carbocycles. The monoisotopic (exact) mass is 215 g/mol. The van der Waals surface area contributed by atoms with Gasteiger partial charge in [0.15, 0.2) is 0 Å². The molecule has 1 rings (SSSR count). The van der Waals surface area contributed by atoms with E-state index in [1.54, 1.807) is 6.92 Å². The van der Waals surface area contributed by atoms with E-state index < -0.39 is 5.97 Å². The van der Waals surface area contributed by atoms with Crippen molar-refractivity contribution in [1.82, 2.24) is 4.90 Å². The molecule has 2 atom stereocenters. The molecule has 15 heavy (non-hydrogen) atoms. The highest BCUT2D eigenvalue weighted by molar-refractivity contribution is 5.70. The van der Waals surface area contributed by atoms with Crippen molar-refractivity contribution in [2.45, 2.75) is 39.3 Å². The van der Waals surface area contributed by atoms with Crippen LogP contribution in [-0.2, 0) is 9.53 Å². The van der Waals surface area contributed by atoms with Gasteiger partial charge in [-0.2, -0.15) is 0 Å². The zero-order valence-electron chi connectivity index (χ0n) is 9.99. The first-order valence-corrected chi connectivity index (χ1v) is 5.44. The summed E-state index contributed by atoms with van der Waals surface area (Å²) in [5, 5.41) is 8.96. The Hall–Kier alpha value is -0.610. The molecule has 1 aliphatic heterocycles. The minimum absolute atomic E-state index is 0.0608. The smallest absolute Gasteiger partial charge is 0.307 e. The Labute approximate surface area is 91.2 Å². The number of hydrogen-bond acceptors (Lipinski definition) is 3. The Morgan fingerprint density at radius 3 is 2.53 bits per heavy atom. The van der Waals surface area contributed by atoms with Crippen molar-refractivity contribution in [1.29, 1.82) is 0 Å². The summed E-state index contributed by atoms with van der Waals surface area (Å²) in [7, 11) is 0. The Bertz CT molecular complexity index is 240. The molecule has 0 amide bonds. The van der Waals surface area contributed by atoms with Crippen LogP contribution in [0, 0.1) is 5.92 Å². The van der Waals surface area contributed by atoms with E-state index in [0.29, 0.717) is 6.61 Å². The maximum absolute atomic E-state index is 10.9. The summed E-state index contributed by atoms with van der Waals surface area (Å²) in [6, 6.07) is 0.0608. The quantitative estimate of drug-likeness (QED) is 0.768. The number of hydrogen-bond donors (Lipinski definition) is 1. The minimum Gasteiger partial charge on any atom is -0.481 e. The first-order chi connectivity index (χ1) is 6.83. The largest absolute Gasteiger partial charge is 0.481 e. The normalized spacial score (nSPS) is 25.9. The summed E-state index contributed by atoms with van der Waals surface area (Å²) in [6.07, 6.45) is 0. The van der Waals surface area contributed by atoms with Gasteiger partial charge in [0.1, 0.15) is 0 Å². The molecule has 4 nitrogen and oxygen atoms in total. The molecule has 88 valence electrons. The molecular formula is C11H21NO3.